The zero-order valence-corrected chi connectivity index (χ0v) is 13.4. The van der Waals surface area contributed by atoms with Gasteiger partial charge >= 0.3 is 6.09 Å². The molecule has 0 aliphatic carbocycles. The standard InChI is InChI=1S/C11H19N3O3S2/c1-6-18-7-13(4)10(16)17-12-9-14(5)8(15)11(2,3)19-9/h6-7H2,1-5H3. The van der Waals surface area contributed by atoms with Gasteiger partial charge in [0.2, 0.25) is 11.1 Å². The van der Waals surface area contributed by atoms with E-state index in [4.69, 9.17) is 4.84 Å². The Kier molecular flexibility index (Phi) is 5.54. The first kappa shape index (κ1) is 16.2. The van der Waals surface area contributed by atoms with E-state index >= 15 is 0 Å². The normalized spacial score (nSPS) is 19.9. The van der Waals surface area contributed by atoms with Crippen LogP contribution in [0, 0.1) is 0 Å². The summed E-state index contributed by atoms with van der Waals surface area (Å²) < 4.78 is -0.566. The Morgan fingerprint density at radius 1 is 1.58 bits per heavy atom. The predicted octanol–water partition coefficient (Wildman–Crippen LogP) is 2.02. The van der Waals surface area contributed by atoms with Gasteiger partial charge in [0.05, 0.1) is 10.6 Å². The van der Waals surface area contributed by atoms with Gasteiger partial charge in [0, 0.05) is 14.1 Å². The largest absolute Gasteiger partial charge is 0.436 e. The predicted molar refractivity (Wildman–Crippen MR) is 79.1 cm³/mol. The topological polar surface area (TPSA) is 62.2 Å². The lowest BCUT2D eigenvalue weighted by Crippen LogP contribution is -2.33. The summed E-state index contributed by atoms with van der Waals surface area (Å²) in [6.07, 6.45) is -0.528. The fourth-order valence-corrected chi connectivity index (χ4v) is 2.88. The number of hydrogen-bond acceptors (Lipinski definition) is 6. The van der Waals surface area contributed by atoms with E-state index in [0.717, 1.165) is 5.75 Å². The van der Waals surface area contributed by atoms with Gasteiger partial charge in [-0.15, -0.1) is 11.8 Å². The fourth-order valence-electron chi connectivity index (χ4n) is 1.34. The third-order valence-corrected chi connectivity index (χ3v) is 4.65. The Bertz CT molecular complexity index is 399. The zero-order chi connectivity index (χ0) is 14.6. The molecule has 108 valence electrons. The Morgan fingerprint density at radius 2 is 2.21 bits per heavy atom. The van der Waals surface area contributed by atoms with Crippen molar-refractivity contribution in [1.82, 2.24) is 9.80 Å². The summed E-state index contributed by atoms with van der Waals surface area (Å²) in [4.78, 5) is 31.1. The van der Waals surface area contributed by atoms with Gasteiger partial charge in [0.15, 0.2) is 0 Å². The summed E-state index contributed by atoms with van der Waals surface area (Å²) in [6, 6.07) is 0. The minimum absolute atomic E-state index is 0.0535. The van der Waals surface area contributed by atoms with E-state index < -0.39 is 10.8 Å². The molecule has 0 spiro atoms. The minimum atomic E-state index is -0.566. The number of thioether (sulfide) groups is 2. The fraction of sp³-hybridized carbons (Fsp3) is 0.727. The first-order chi connectivity index (χ1) is 8.79. The van der Waals surface area contributed by atoms with Crippen molar-refractivity contribution in [3.05, 3.63) is 0 Å². The molecule has 0 unspecified atom stereocenters. The SMILES string of the molecule is CCSCN(C)C(=O)ON=C1SC(C)(C)C(=O)N1C. The number of amides is 2. The zero-order valence-electron chi connectivity index (χ0n) is 11.8. The van der Waals surface area contributed by atoms with Gasteiger partial charge in [0.1, 0.15) is 0 Å². The van der Waals surface area contributed by atoms with Crippen molar-refractivity contribution in [2.45, 2.75) is 25.5 Å². The van der Waals surface area contributed by atoms with Crippen molar-refractivity contribution in [3.63, 3.8) is 0 Å². The van der Waals surface area contributed by atoms with Crippen molar-refractivity contribution in [2.24, 2.45) is 5.16 Å². The van der Waals surface area contributed by atoms with Gasteiger partial charge in [-0.1, -0.05) is 18.7 Å². The van der Waals surface area contributed by atoms with Crippen LogP contribution in [0.15, 0.2) is 5.16 Å². The number of hydrogen-bond donors (Lipinski definition) is 0. The van der Waals surface area contributed by atoms with E-state index in [-0.39, 0.29) is 5.91 Å². The van der Waals surface area contributed by atoms with Crippen molar-refractivity contribution in [3.8, 4) is 0 Å². The Hall–Kier alpha value is -0.890. The van der Waals surface area contributed by atoms with E-state index in [1.54, 1.807) is 25.9 Å². The molecule has 0 radical (unpaired) electrons. The maximum atomic E-state index is 11.8. The van der Waals surface area contributed by atoms with Crippen LogP contribution in [0.1, 0.15) is 20.8 Å². The quantitative estimate of drug-likeness (QED) is 0.452. The van der Waals surface area contributed by atoms with Gasteiger partial charge in [-0.25, -0.2) is 4.79 Å². The molecular weight excluding hydrogens is 286 g/mol. The van der Waals surface area contributed by atoms with Crippen LogP contribution in [0.2, 0.25) is 0 Å². The van der Waals surface area contributed by atoms with E-state index in [1.165, 1.54) is 21.6 Å². The molecule has 1 saturated heterocycles. The van der Waals surface area contributed by atoms with Gasteiger partial charge in [-0.05, 0) is 24.8 Å². The Labute approximate surface area is 121 Å². The van der Waals surface area contributed by atoms with Crippen LogP contribution >= 0.6 is 23.5 Å². The van der Waals surface area contributed by atoms with Crippen LogP contribution < -0.4 is 0 Å². The first-order valence-corrected chi connectivity index (χ1v) is 7.81. The molecule has 1 fully saturated rings. The lowest BCUT2D eigenvalue weighted by atomic mass is 10.2. The minimum Gasteiger partial charge on any atom is -0.300 e. The van der Waals surface area contributed by atoms with Crippen LogP contribution in [0.4, 0.5) is 4.79 Å². The lowest BCUT2D eigenvalue weighted by Gasteiger charge is -2.14. The summed E-state index contributed by atoms with van der Waals surface area (Å²) in [5.41, 5.74) is 0. The molecule has 1 heterocycles. The Balaban J connectivity index is 2.58. The number of oxime groups is 1. The highest BCUT2D eigenvalue weighted by Gasteiger charge is 2.43. The summed E-state index contributed by atoms with van der Waals surface area (Å²) in [5, 5.41) is 4.17. The molecule has 0 saturated carbocycles. The van der Waals surface area contributed by atoms with E-state index in [1.807, 2.05) is 20.8 Å². The van der Waals surface area contributed by atoms with Gasteiger partial charge in [0.25, 0.3) is 0 Å². The van der Waals surface area contributed by atoms with Gasteiger partial charge < -0.3 is 4.90 Å². The van der Waals surface area contributed by atoms with Crippen LogP contribution in [0.25, 0.3) is 0 Å². The van der Waals surface area contributed by atoms with Crippen molar-refractivity contribution in [2.75, 3.05) is 25.7 Å². The molecule has 1 aliphatic rings. The van der Waals surface area contributed by atoms with Crippen LogP contribution in [-0.2, 0) is 9.63 Å². The second-order valence-corrected chi connectivity index (χ2v) is 7.36. The van der Waals surface area contributed by atoms with Gasteiger partial charge in [-0.2, -0.15) is 0 Å². The number of carbonyl (C=O) groups is 2. The average Bonchev–Trinajstić information content (AvgIpc) is 2.56. The average molecular weight is 305 g/mol. The summed E-state index contributed by atoms with van der Waals surface area (Å²) in [7, 11) is 3.26. The van der Waals surface area contributed by atoms with Crippen molar-refractivity contribution in [1.29, 1.82) is 0 Å². The maximum absolute atomic E-state index is 11.8. The number of nitrogens with zero attached hydrogens (tertiary/aromatic N) is 3. The number of amidine groups is 1. The highest BCUT2D eigenvalue weighted by Crippen LogP contribution is 2.35. The summed E-state index contributed by atoms with van der Waals surface area (Å²) in [6.45, 7) is 5.64. The molecule has 0 bridgehead atoms. The summed E-state index contributed by atoms with van der Waals surface area (Å²) in [5.74, 6) is 1.42. The molecule has 0 N–H and O–H groups in total. The molecule has 0 aromatic rings. The third-order valence-electron chi connectivity index (χ3n) is 2.46. The monoisotopic (exact) mass is 305 g/mol. The van der Waals surface area contributed by atoms with Gasteiger partial charge in [-0.3, -0.25) is 14.5 Å². The molecule has 1 aliphatic heterocycles. The number of rotatable bonds is 4. The highest BCUT2D eigenvalue weighted by molar-refractivity contribution is 8.16. The van der Waals surface area contributed by atoms with Crippen LogP contribution in [0.3, 0.4) is 0 Å². The van der Waals surface area contributed by atoms with Crippen LogP contribution in [-0.4, -0.2) is 57.4 Å². The van der Waals surface area contributed by atoms with E-state index in [2.05, 4.69) is 5.16 Å². The molecule has 8 heteroatoms. The van der Waals surface area contributed by atoms with E-state index in [0.29, 0.717) is 11.0 Å². The lowest BCUT2D eigenvalue weighted by molar-refractivity contribution is -0.127. The smallest absolute Gasteiger partial charge is 0.300 e. The molecule has 19 heavy (non-hydrogen) atoms. The molecule has 0 aromatic carbocycles. The molecule has 0 atom stereocenters. The molecule has 6 nitrogen and oxygen atoms in total. The Morgan fingerprint density at radius 3 is 2.68 bits per heavy atom. The van der Waals surface area contributed by atoms with Crippen molar-refractivity contribution < 1.29 is 14.4 Å². The maximum Gasteiger partial charge on any atom is 0.436 e. The first-order valence-electron chi connectivity index (χ1n) is 5.84. The van der Waals surface area contributed by atoms with Crippen LogP contribution in [0.5, 0.6) is 0 Å². The molecule has 1 rings (SSSR count). The van der Waals surface area contributed by atoms with E-state index in [9.17, 15) is 9.59 Å². The molecular formula is C11H19N3O3S2. The summed E-state index contributed by atoms with van der Waals surface area (Å²) >= 11 is 2.89. The van der Waals surface area contributed by atoms with Crippen molar-refractivity contribution >= 4 is 40.7 Å². The second-order valence-electron chi connectivity index (χ2n) is 4.53. The number of carbonyl (C=O) groups excluding carboxylic acids is 2. The second kappa shape index (κ2) is 6.51. The molecule has 0 aromatic heterocycles. The third kappa shape index (κ3) is 4.04. The highest BCUT2D eigenvalue weighted by atomic mass is 32.2. The molecule has 2 amide bonds.